The molecule has 0 saturated carbocycles. The van der Waals surface area contributed by atoms with Gasteiger partial charge in [0.05, 0.1) is 6.04 Å². The minimum Gasteiger partial charge on any atom is -0.455 e. The molecule has 8 aromatic carbocycles. The Bertz CT molecular complexity index is 2830. The molecule has 3 heteroatoms. The van der Waals surface area contributed by atoms with Crippen molar-refractivity contribution in [2.75, 3.05) is 0 Å². The Balaban J connectivity index is 1.05. The number of furan rings is 1. The van der Waals surface area contributed by atoms with Crippen molar-refractivity contribution in [1.29, 1.82) is 0 Å². The lowest BCUT2D eigenvalue weighted by atomic mass is 9.93. The third kappa shape index (κ3) is 5.69. The molecule has 1 N–H and O–H groups in total. The monoisotopic (exact) mass is 678 g/mol. The number of hydrogen-bond donors (Lipinski definition) is 1. The Hall–Kier alpha value is -6.97. The van der Waals surface area contributed by atoms with Crippen LogP contribution in [-0.4, -0.2) is 5.84 Å². The van der Waals surface area contributed by atoms with E-state index in [0.717, 1.165) is 66.7 Å². The summed E-state index contributed by atoms with van der Waals surface area (Å²) in [6.07, 6.45) is 2.24. The largest absolute Gasteiger partial charge is 0.455 e. The smallest absolute Gasteiger partial charge is 0.143 e. The lowest BCUT2D eigenvalue weighted by Gasteiger charge is -2.24. The van der Waals surface area contributed by atoms with Crippen LogP contribution < -0.4 is 5.32 Å². The van der Waals surface area contributed by atoms with Gasteiger partial charge >= 0.3 is 0 Å². The van der Waals surface area contributed by atoms with Gasteiger partial charge in [0.2, 0.25) is 0 Å². The fourth-order valence-electron chi connectivity index (χ4n) is 7.62. The van der Waals surface area contributed by atoms with E-state index in [-0.39, 0.29) is 6.04 Å². The van der Waals surface area contributed by atoms with Gasteiger partial charge in [0.15, 0.2) is 0 Å². The first kappa shape index (κ1) is 30.8. The van der Waals surface area contributed by atoms with Crippen LogP contribution in [-0.2, 0) is 0 Å². The fourth-order valence-corrected chi connectivity index (χ4v) is 7.62. The third-order valence-electron chi connectivity index (χ3n) is 10.3. The SMILES string of the molecule is C1=C(c2cccc(-c3ccccc3)c2)NC(c2ccccc2)=NC1c1ccc(-c2cc3c4ccc(-c5ccccc5)cc4oc3c3ccccc23)cc1. The summed E-state index contributed by atoms with van der Waals surface area (Å²) < 4.78 is 6.62. The summed E-state index contributed by atoms with van der Waals surface area (Å²) in [6.45, 7) is 0. The molecule has 1 atom stereocenters. The molecule has 0 bridgehead atoms. The van der Waals surface area contributed by atoms with Gasteiger partial charge in [-0.2, -0.15) is 0 Å². The summed E-state index contributed by atoms with van der Waals surface area (Å²) in [6, 6.07) is 66.3. The summed E-state index contributed by atoms with van der Waals surface area (Å²) in [5.41, 5.74) is 13.2. The molecule has 10 rings (SSSR count). The maximum Gasteiger partial charge on any atom is 0.143 e. The van der Waals surface area contributed by atoms with Crippen molar-refractivity contribution >= 4 is 44.2 Å². The summed E-state index contributed by atoms with van der Waals surface area (Å²) in [4.78, 5) is 5.24. The molecule has 1 aromatic heterocycles. The predicted octanol–water partition coefficient (Wildman–Crippen LogP) is 12.9. The van der Waals surface area contributed by atoms with Gasteiger partial charge in [-0.1, -0.05) is 164 Å². The number of nitrogens with one attached hydrogen (secondary N) is 1. The Morgan fingerprint density at radius 1 is 0.415 bits per heavy atom. The van der Waals surface area contributed by atoms with Crippen molar-refractivity contribution in [2.24, 2.45) is 4.99 Å². The maximum absolute atomic E-state index is 6.62. The molecule has 1 aliphatic heterocycles. The van der Waals surface area contributed by atoms with Crippen LogP contribution in [0.1, 0.15) is 22.7 Å². The van der Waals surface area contributed by atoms with E-state index < -0.39 is 0 Å². The first-order valence-corrected chi connectivity index (χ1v) is 18.1. The Kier molecular flexibility index (Phi) is 7.54. The van der Waals surface area contributed by atoms with Crippen LogP contribution in [0.2, 0.25) is 0 Å². The molecular formula is C50H34N2O. The highest BCUT2D eigenvalue weighted by molar-refractivity contribution is 6.19. The van der Waals surface area contributed by atoms with Crippen LogP contribution in [0, 0.1) is 0 Å². The van der Waals surface area contributed by atoms with Gasteiger partial charge in [-0.15, -0.1) is 0 Å². The topological polar surface area (TPSA) is 37.5 Å². The van der Waals surface area contributed by atoms with E-state index in [0.29, 0.717) is 0 Å². The number of benzene rings is 8. The maximum atomic E-state index is 6.62. The van der Waals surface area contributed by atoms with E-state index in [4.69, 9.17) is 9.41 Å². The van der Waals surface area contributed by atoms with E-state index in [2.05, 4.69) is 187 Å². The standard InChI is InChI=1S/C50H34N2O/c1-4-13-33(14-5-1)38-19-12-20-40(29-38)47-32-46(51-50(52-47)37-17-8-3-9-18-37)36-25-23-35(24-26-36)44-31-45-42-28-27-39(34-15-6-2-7-16-34)30-48(42)53-49(45)43-22-11-10-21-41(43)44/h1-32,46H,(H,51,52). The average molecular weight is 679 g/mol. The molecule has 2 heterocycles. The molecule has 9 aromatic rings. The molecular weight excluding hydrogens is 645 g/mol. The van der Waals surface area contributed by atoms with Crippen LogP contribution in [0.3, 0.4) is 0 Å². The zero-order valence-corrected chi connectivity index (χ0v) is 28.9. The predicted molar refractivity (Wildman–Crippen MR) is 221 cm³/mol. The molecule has 1 unspecified atom stereocenters. The van der Waals surface area contributed by atoms with Crippen molar-refractivity contribution in [3.8, 4) is 33.4 Å². The van der Waals surface area contributed by atoms with Gasteiger partial charge < -0.3 is 9.73 Å². The van der Waals surface area contributed by atoms with Crippen molar-refractivity contribution in [3.05, 3.63) is 211 Å². The van der Waals surface area contributed by atoms with Crippen LogP contribution in [0.25, 0.3) is 71.8 Å². The number of aliphatic imine (C=N–C) groups is 1. The molecule has 0 spiro atoms. The van der Waals surface area contributed by atoms with Crippen molar-refractivity contribution < 1.29 is 4.42 Å². The number of hydrogen-bond acceptors (Lipinski definition) is 3. The van der Waals surface area contributed by atoms with Crippen molar-refractivity contribution in [2.45, 2.75) is 6.04 Å². The van der Waals surface area contributed by atoms with Gasteiger partial charge in [-0.05, 0) is 80.2 Å². The Morgan fingerprint density at radius 2 is 1.00 bits per heavy atom. The van der Waals surface area contributed by atoms with E-state index in [1.54, 1.807) is 0 Å². The second-order valence-corrected chi connectivity index (χ2v) is 13.6. The fraction of sp³-hybridized carbons (Fsp3) is 0.0200. The zero-order chi connectivity index (χ0) is 35.1. The normalized spacial score (nSPS) is 14.2. The van der Waals surface area contributed by atoms with E-state index in [1.165, 1.54) is 27.6 Å². The van der Waals surface area contributed by atoms with Gasteiger partial charge in [-0.25, -0.2) is 0 Å². The molecule has 250 valence electrons. The number of rotatable bonds is 6. The lowest BCUT2D eigenvalue weighted by molar-refractivity contribution is 0.673. The minimum absolute atomic E-state index is 0.160. The summed E-state index contributed by atoms with van der Waals surface area (Å²) in [5, 5.41) is 8.19. The third-order valence-corrected chi connectivity index (χ3v) is 10.3. The Labute approximate surface area is 308 Å². The minimum atomic E-state index is -0.160. The second-order valence-electron chi connectivity index (χ2n) is 13.6. The lowest BCUT2D eigenvalue weighted by Crippen LogP contribution is -2.27. The highest BCUT2D eigenvalue weighted by atomic mass is 16.3. The molecule has 1 aliphatic rings. The molecule has 0 radical (unpaired) electrons. The quantitative estimate of drug-likeness (QED) is 0.190. The van der Waals surface area contributed by atoms with Gasteiger partial charge in [0, 0.05) is 27.4 Å². The first-order chi connectivity index (χ1) is 26.2. The van der Waals surface area contributed by atoms with E-state index in [9.17, 15) is 0 Å². The molecule has 0 amide bonds. The number of nitrogens with zero attached hydrogens (tertiary/aromatic N) is 1. The van der Waals surface area contributed by atoms with Crippen molar-refractivity contribution in [3.63, 3.8) is 0 Å². The Morgan fingerprint density at radius 3 is 1.72 bits per heavy atom. The van der Waals surface area contributed by atoms with Gasteiger partial charge in [0.1, 0.15) is 17.0 Å². The van der Waals surface area contributed by atoms with Gasteiger partial charge in [-0.3, -0.25) is 4.99 Å². The summed E-state index contributed by atoms with van der Waals surface area (Å²) >= 11 is 0. The van der Waals surface area contributed by atoms with Crippen LogP contribution in [0.4, 0.5) is 0 Å². The molecule has 53 heavy (non-hydrogen) atoms. The number of fused-ring (bicyclic) bond motifs is 5. The first-order valence-electron chi connectivity index (χ1n) is 18.1. The molecule has 3 nitrogen and oxygen atoms in total. The van der Waals surface area contributed by atoms with Gasteiger partial charge in [0.25, 0.3) is 0 Å². The molecule has 0 aliphatic carbocycles. The van der Waals surface area contributed by atoms with Crippen LogP contribution in [0.5, 0.6) is 0 Å². The van der Waals surface area contributed by atoms with Crippen molar-refractivity contribution in [1.82, 2.24) is 5.32 Å². The second kappa shape index (κ2) is 13.0. The molecule has 0 fully saturated rings. The summed E-state index contributed by atoms with van der Waals surface area (Å²) in [5.74, 6) is 0.862. The average Bonchev–Trinajstić information content (AvgIpc) is 3.62. The van der Waals surface area contributed by atoms with E-state index >= 15 is 0 Å². The zero-order valence-electron chi connectivity index (χ0n) is 28.9. The number of amidine groups is 1. The molecule has 0 saturated heterocycles. The van der Waals surface area contributed by atoms with E-state index in [1.807, 2.05) is 12.1 Å². The highest BCUT2D eigenvalue weighted by Crippen LogP contribution is 2.41. The van der Waals surface area contributed by atoms with Crippen LogP contribution >= 0.6 is 0 Å². The highest BCUT2D eigenvalue weighted by Gasteiger charge is 2.21. The van der Waals surface area contributed by atoms with Crippen LogP contribution in [0.15, 0.2) is 204 Å². The summed E-state index contributed by atoms with van der Waals surface area (Å²) in [7, 11) is 0.